The molecule has 0 N–H and O–H groups in total. The highest BCUT2D eigenvalue weighted by atomic mass is 79.9. The molecule has 0 amide bonds. The molecule has 0 atom stereocenters. The van der Waals surface area contributed by atoms with Gasteiger partial charge in [-0.15, -0.1) is 0 Å². The second-order valence-corrected chi connectivity index (χ2v) is 3.39. The fourth-order valence-corrected chi connectivity index (χ4v) is 1.63. The number of rotatable bonds is 3. The molecule has 0 spiro atoms. The van der Waals surface area contributed by atoms with Crippen LogP contribution in [0.3, 0.4) is 0 Å². The maximum atomic E-state index is 8.74. The van der Waals surface area contributed by atoms with Crippen LogP contribution in [0.25, 0.3) is 0 Å². The van der Waals surface area contributed by atoms with Gasteiger partial charge in [0.1, 0.15) is 0 Å². The van der Waals surface area contributed by atoms with Crippen molar-refractivity contribution in [3.8, 4) is 17.6 Å². The topological polar surface area (TPSA) is 42.2 Å². The highest BCUT2D eigenvalue weighted by molar-refractivity contribution is 9.10. The average Bonchev–Trinajstić information content (AvgIpc) is 2.20. The Morgan fingerprint density at radius 1 is 1.50 bits per heavy atom. The predicted octanol–water partition coefficient (Wildman–Crippen LogP) is 2.73. The summed E-state index contributed by atoms with van der Waals surface area (Å²) in [6.45, 7) is 2.45. The molecule has 0 unspecified atom stereocenters. The maximum absolute atomic E-state index is 8.74. The molecule has 0 radical (unpaired) electrons. The number of hydrogen-bond donors (Lipinski definition) is 0. The van der Waals surface area contributed by atoms with Crippen molar-refractivity contribution in [3.05, 3.63) is 22.2 Å². The Balaban J connectivity index is 3.21. The van der Waals surface area contributed by atoms with Gasteiger partial charge in [0, 0.05) is 6.07 Å². The smallest absolute Gasteiger partial charge is 0.175 e. The number of methoxy groups -OCH3 is 1. The van der Waals surface area contributed by atoms with Crippen LogP contribution in [-0.4, -0.2) is 13.7 Å². The van der Waals surface area contributed by atoms with Gasteiger partial charge in [-0.25, -0.2) is 0 Å². The van der Waals surface area contributed by atoms with Crippen LogP contribution in [0.5, 0.6) is 11.5 Å². The molecule has 0 fully saturated rings. The van der Waals surface area contributed by atoms with Crippen LogP contribution in [0.1, 0.15) is 12.5 Å². The molecule has 4 heteroatoms. The van der Waals surface area contributed by atoms with Crippen molar-refractivity contribution in [3.63, 3.8) is 0 Å². The first-order valence-corrected chi connectivity index (χ1v) is 4.92. The lowest BCUT2D eigenvalue weighted by Gasteiger charge is -2.11. The summed E-state index contributed by atoms with van der Waals surface area (Å²) in [4.78, 5) is 0. The van der Waals surface area contributed by atoms with Gasteiger partial charge < -0.3 is 9.47 Å². The van der Waals surface area contributed by atoms with Crippen molar-refractivity contribution < 1.29 is 9.47 Å². The maximum Gasteiger partial charge on any atom is 0.175 e. The fourth-order valence-electron chi connectivity index (χ4n) is 1.07. The Morgan fingerprint density at radius 2 is 2.21 bits per heavy atom. The minimum Gasteiger partial charge on any atom is -0.493 e. The molecule has 0 aliphatic heterocycles. The van der Waals surface area contributed by atoms with Crippen LogP contribution >= 0.6 is 15.9 Å². The molecule has 3 nitrogen and oxygen atoms in total. The van der Waals surface area contributed by atoms with E-state index in [0.29, 0.717) is 23.7 Å². The lowest BCUT2D eigenvalue weighted by Crippen LogP contribution is -1.96. The molecule has 0 heterocycles. The third kappa shape index (κ3) is 2.18. The number of benzene rings is 1. The number of nitriles is 1. The summed E-state index contributed by atoms with van der Waals surface area (Å²) < 4.78 is 11.2. The van der Waals surface area contributed by atoms with Crippen LogP contribution < -0.4 is 9.47 Å². The fraction of sp³-hybridized carbons (Fsp3) is 0.300. The summed E-state index contributed by atoms with van der Waals surface area (Å²) in [5.41, 5.74) is 0.539. The Hall–Kier alpha value is -1.21. The van der Waals surface area contributed by atoms with E-state index in [1.54, 1.807) is 19.2 Å². The van der Waals surface area contributed by atoms with Gasteiger partial charge in [0.2, 0.25) is 0 Å². The zero-order valence-electron chi connectivity index (χ0n) is 8.00. The van der Waals surface area contributed by atoms with E-state index >= 15 is 0 Å². The lowest BCUT2D eigenvalue weighted by atomic mass is 10.2. The van der Waals surface area contributed by atoms with Crippen LogP contribution in [0.2, 0.25) is 0 Å². The average molecular weight is 256 g/mol. The normalized spacial score (nSPS) is 9.29. The molecule has 1 rings (SSSR count). The number of ether oxygens (including phenoxy) is 2. The highest BCUT2D eigenvalue weighted by Crippen LogP contribution is 2.36. The molecule has 14 heavy (non-hydrogen) atoms. The number of nitrogens with zero attached hydrogens (tertiary/aromatic N) is 1. The Bertz CT molecular complexity index is 371. The van der Waals surface area contributed by atoms with Crippen molar-refractivity contribution in [2.24, 2.45) is 0 Å². The second kappa shape index (κ2) is 4.87. The quantitative estimate of drug-likeness (QED) is 0.834. The van der Waals surface area contributed by atoms with Crippen molar-refractivity contribution in [1.29, 1.82) is 5.26 Å². The largest absolute Gasteiger partial charge is 0.493 e. The van der Waals surface area contributed by atoms with Crippen LogP contribution in [0, 0.1) is 11.3 Å². The standard InChI is InChI=1S/C10H10BrNO2/c1-3-14-10-8(11)4-7(6-12)5-9(10)13-2/h4-5H,3H2,1-2H3. The van der Waals surface area contributed by atoms with Gasteiger partial charge in [-0.3, -0.25) is 0 Å². The third-order valence-electron chi connectivity index (χ3n) is 1.65. The first-order valence-electron chi connectivity index (χ1n) is 4.13. The Labute approximate surface area is 91.4 Å². The van der Waals surface area contributed by atoms with Gasteiger partial charge in [0.05, 0.1) is 29.8 Å². The van der Waals surface area contributed by atoms with E-state index in [0.717, 1.165) is 4.47 Å². The van der Waals surface area contributed by atoms with E-state index in [1.165, 1.54) is 0 Å². The van der Waals surface area contributed by atoms with Crippen LogP contribution in [-0.2, 0) is 0 Å². The van der Waals surface area contributed by atoms with Crippen molar-refractivity contribution in [2.75, 3.05) is 13.7 Å². The number of hydrogen-bond acceptors (Lipinski definition) is 3. The highest BCUT2D eigenvalue weighted by Gasteiger charge is 2.10. The molecule has 0 aliphatic rings. The summed E-state index contributed by atoms with van der Waals surface area (Å²) >= 11 is 3.32. The first kappa shape index (κ1) is 10.9. The van der Waals surface area contributed by atoms with Gasteiger partial charge in [0.25, 0.3) is 0 Å². The zero-order chi connectivity index (χ0) is 10.6. The van der Waals surface area contributed by atoms with Crippen molar-refractivity contribution in [2.45, 2.75) is 6.92 Å². The molecule has 74 valence electrons. The predicted molar refractivity (Wildman–Crippen MR) is 56.6 cm³/mol. The van der Waals surface area contributed by atoms with E-state index in [9.17, 15) is 0 Å². The summed E-state index contributed by atoms with van der Waals surface area (Å²) in [7, 11) is 1.55. The molecule has 0 aliphatic carbocycles. The molecular weight excluding hydrogens is 246 g/mol. The van der Waals surface area contributed by atoms with Gasteiger partial charge in [-0.2, -0.15) is 5.26 Å². The van der Waals surface area contributed by atoms with Gasteiger partial charge in [-0.05, 0) is 28.9 Å². The summed E-state index contributed by atoms with van der Waals surface area (Å²) in [5.74, 6) is 1.20. The van der Waals surface area contributed by atoms with E-state index in [1.807, 2.05) is 13.0 Å². The summed E-state index contributed by atoms with van der Waals surface area (Å²) in [6, 6.07) is 5.40. The van der Waals surface area contributed by atoms with Gasteiger partial charge in [0.15, 0.2) is 11.5 Å². The second-order valence-electron chi connectivity index (χ2n) is 2.53. The molecule has 1 aromatic carbocycles. The molecule has 0 aromatic heterocycles. The minimum atomic E-state index is 0.539. The molecular formula is C10H10BrNO2. The molecule has 0 saturated heterocycles. The third-order valence-corrected chi connectivity index (χ3v) is 2.24. The van der Waals surface area contributed by atoms with E-state index < -0.39 is 0 Å². The van der Waals surface area contributed by atoms with E-state index in [-0.39, 0.29) is 0 Å². The van der Waals surface area contributed by atoms with Gasteiger partial charge in [-0.1, -0.05) is 0 Å². The molecule has 0 saturated carbocycles. The Kier molecular flexibility index (Phi) is 3.78. The lowest BCUT2D eigenvalue weighted by molar-refractivity contribution is 0.309. The Morgan fingerprint density at radius 3 is 2.71 bits per heavy atom. The van der Waals surface area contributed by atoms with E-state index in [4.69, 9.17) is 14.7 Å². The molecule has 0 bridgehead atoms. The molecule has 1 aromatic rings. The van der Waals surface area contributed by atoms with Crippen molar-refractivity contribution in [1.82, 2.24) is 0 Å². The van der Waals surface area contributed by atoms with Crippen LogP contribution in [0.4, 0.5) is 0 Å². The SMILES string of the molecule is CCOc1c(Br)cc(C#N)cc1OC. The van der Waals surface area contributed by atoms with Crippen molar-refractivity contribution >= 4 is 15.9 Å². The summed E-state index contributed by atoms with van der Waals surface area (Å²) in [6.07, 6.45) is 0. The number of halogens is 1. The monoisotopic (exact) mass is 255 g/mol. The van der Waals surface area contributed by atoms with E-state index in [2.05, 4.69) is 15.9 Å². The summed E-state index contributed by atoms with van der Waals surface area (Å²) in [5, 5.41) is 8.74. The first-order chi connectivity index (χ1) is 6.72. The van der Waals surface area contributed by atoms with Crippen LogP contribution in [0.15, 0.2) is 16.6 Å². The zero-order valence-corrected chi connectivity index (χ0v) is 9.59. The minimum absolute atomic E-state index is 0.539. The van der Waals surface area contributed by atoms with Gasteiger partial charge >= 0.3 is 0 Å².